The van der Waals surface area contributed by atoms with E-state index in [0.29, 0.717) is 17.0 Å². The maximum absolute atomic E-state index is 13.6. The van der Waals surface area contributed by atoms with Crippen LogP contribution in [-0.2, 0) is 0 Å². The van der Waals surface area contributed by atoms with Crippen LogP contribution < -0.4 is 15.0 Å². The molecule has 0 aliphatic carbocycles. The van der Waals surface area contributed by atoms with Crippen molar-refractivity contribution in [1.29, 1.82) is 0 Å². The maximum atomic E-state index is 13.6. The molecule has 4 aromatic rings. The number of H-pyrrole nitrogens is 1. The van der Waals surface area contributed by atoms with E-state index in [2.05, 4.69) is 15.5 Å². The Kier molecular flexibility index (Phi) is 4.29. The van der Waals surface area contributed by atoms with Crippen LogP contribution in [0.2, 0.25) is 0 Å². The minimum Gasteiger partial charge on any atom is -0.495 e. The van der Waals surface area contributed by atoms with Gasteiger partial charge in [-0.05, 0) is 35.7 Å². The highest BCUT2D eigenvalue weighted by Crippen LogP contribution is 2.42. The molecule has 0 bridgehead atoms. The lowest BCUT2D eigenvalue weighted by atomic mass is 10.0. The molecule has 1 aliphatic rings. The lowest BCUT2D eigenvalue weighted by molar-refractivity contribution is 0.0974. The first-order valence-corrected chi connectivity index (χ1v) is 10.0. The lowest BCUT2D eigenvalue weighted by Crippen LogP contribution is -2.43. The van der Waals surface area contributed by atoms with Crippen LogP contribution >= 0.6 is 11.3 Å². The molecule has 1 aliphatic heterocycles. The van der Waals surface area contributed by atoms with E-state index >= 15 is 0 Å². The fourth-order valence-corrected chi connectivity index (χ4v) is 4.41. The Balaban J connectivity index is 1.70. The van der Waals surface area contributed by atoms with Crippen LogP contribution in [0.1, 0.15) is 22.1 Å². The molecular weight excluding hydrogens is 384 g/mol. The molecule has 1 unspecified atom stereocenters. The molecule has 0 saturated heterocycles. The molecule has 5 rings (SSSR count). The van der Waals surface area contributed by atoms with Crippen molar-refractivity contribution >= 4 is 28.6 Å². The third kappa shape index (κ3) is 2.87. The Morgan fingerprint density at radius 3 is 2.72 bits per heavy atom. The average molecular weight is 402 g/mol. The molecule has 144 valence electrons. The van der Waals surface area contributed by atoms with Crippen LogP contribution in [0.15, 0.2) is 72.2 Å². The summed E-state index contributed by atoms with van der Waals surface area (Å²) in [6.45, 7) is 0. The maximum Gasteiger partial charge on any atom is 0.262 e. The van der Waals surface area contributed by atoms with Gasteiger partial charge in [-0.1, -0.05) is 30.3 Å². The Morgan fingerprint density at radius 2 is 1.90 bits per heavy atom. The lowest BCUT2D eigenvalue weighted by Gasteiger charge is -2.38. The smallest absolute Gasteiger partial charge is 0.262 e. The van der Waals surface area contributed by atoms with E-state index in [-0.39, 0.29) is 5.91 Å². The topological polar surface area (TPSA) is 70.2 Å². The molecule has 1 atom stereocenters. The minimum atomic E-state index is -0.440. The Bertz CT molecular complexity index is 1170. The van der Waals surface area contributed by atoms with Crippen molar-refractivity contribution in [2.24, 2.45) is 0 Å². The number of carbonyl (C=O) groups is 1. The molecule has 2 N–H and O–H groups in total. The van der Waals surface area contributed by atoms with Gasteiger partial charge in [-0.15, -0.1) is 11.3 Å². The summed E-state index contributed by atoms with van der Waals surface area (Å²) < 4.78 is 5.56. The molecule has 2 aromatic heterocycles. The van der Waals surface area contributed by atoms with Gasteiger partial charge in [0.05, 0.1) is 35.1 Å². The molecule has 0 saturated carbocycles. The van der Waals surface area contributed by atoms with Crippen LogP contribution in [0.25, 0.3) is 10.6 Å². The van der Waals surface area contributed by atoms with Crippen molar-refractivity contribution in [2.45, 2.75) is 6.17 Å². The van der Waals surface area contributed by atoms with Gasteiger partial charge in [-0.2, -0.15) is 5.10 Å². The van der Waals surface area contributed by atoms with Gasteiger partial charge < -0.3 is 10.1 Å². The average Bonchev–Trinajstić information content (AvgIpc) is 3.45. The van der Waals surface area contributed by atoms with Crippen LogP contribution in [0, 0.1) is 0 Å². The standard InChI is InChI=1S/C22H18N4O2S/c1-28-18-10-5-4-9-17(18)26-21(24-16-8-3-2-7-14(16)22(26)27)15-13-23-25-20(15)19-11-6-12-29-19/h2-13,21,24H,1H3,(H,23,25). The van der Waals surface area contributed by atoms with Gasteiger partial charge in [0.1, 0.15) is 11.9 Å². The van der Waals surface area contributed by atoms with E-state index < -0.39 is 6.17 Å². The largest absolute Gasteiger partial charge is 0.495 e. The first-order valence-electron chi connectivity index (χ1n) is 9.17. The molecule has 1 amide bonds. The Hall–Kier alpha value is -3.58. The number of anilines is 2. The molecule has 0 spiro atoms. The van der Waals surface area contributed by atoms with Crippen molar-refractivity contribution in [1.82, 2.24) is 10.2 Å². The summed E-state index contributed by atoms with van der Waals surface area (Å²) >= 11 is 1.62. The van der Waals surface area contributed by atoms with E-state index in [1.807, 2.05) is 66.0 Å². The number of methoxy groups -OCH3 is 1. The van der Waals surface area contributed by atoms with Gasteiger partial charge in [0.15, 0.2) is 0 Å². The number of hydrogen-bond donors (Lipinski definition) is 2. The predicted octanol–water partition coefficient (Wildman–Crippen LogP) is 4.92. The van der Waals surface area contributed by atoms with Crippen molar-refractivity contribution in [3.05, 3.63) is 83.4 Å². The number of ether oxygens (including phenoxy) is 1. The van der Waals surface area contributed by atoms with Gasteiger partial charge in [0.25, 0.3) is 5.91 Å². The van der Waals surface area contributed by atoms with E-state index in [9.17, 15) is 4.79 Å². The third-order valence-electron chi connectivity index (χ3n) is 5.00. The summed E-state index contributed by atoms with van der Waals surface area (Å²) in [5.74, 6) is 0.542. The molecular formula is C22H18N4O2S. The zero-order valence-corrected chi connectivity index (χ0v) is 16.4. The molecule has 0 fully saturated rings. The van der Waals surface area contributed by atoms with Crippen LogP contribution in [0.5, 0.6) is 5.75 Å². The highest BCUT2D eigenvalue weighted by Gasteiger charge is 2.37. The number of para-hydroxylation sites is 3. The number of aromatic amines is 1. The predicted molar refractivity (Wildman–Crippen MR) is 115 cm³/mol. The SMILES string of the molecule is COc1ccccc1N1C(=O)c2ccccc2NC1c1cn[nH]c1-c1cccs1. The van der Waals surface area contributed by atoms with Gasteiger partial charge in [0, 0.05) is 11.3 Å². The van der Waals surface area contributed by atoms with Crippen LogP contribution in [-0.4, -0.2) is 23.2 Å². The summed E-state index contributed by atoms with van der Waals surface area (Å²) in [5.41, 5.74) is 3.90. The second-order valence-corrected chi connectivity index (χ2v) is 7.56. The Labute approximate surface area is 171 Å². The molecule has 6 nitrogen and oxygen atoms in total. The Morgan fingerprint density at radius 1 is 1.07 bits per heavy atom. The second-order valence-electron chi connectivity index (χ2n) is 6.62. The first-order chi connectivity index (χ1) is 14.3. The van der Waals surface area contributed by atoms with Gasteiger partial charge in [0.2, 0.25) is 0 Å². The first kappa shape index (κ1) is 17.5. The van der Waals surface area contributed by atoms with Crippen LogP contribution in [0.4, 0.5) is 11.4 Å². The molecule has 7 heteroatoms. The number of nitrogens with one attached hydrogen (secondary N) is 2. The fourth-order valence-electron chi connectivity index (χ4n) is 3.67. The number of carbonyl (C=O) groups excluding carboxylic acids is 1. The number of hydrogen-bond acceptors (Lipinski definition) is 5. The van der Waals surface area contributed by atoms with E-state index in [0.717, 1.165) is 21.8 Å². The molecule has 3 heterocycles. The zero-order valence-electron chi connectivity index (χ0n) is 15.6. The number of rotatable bonds is 4. The fraction of sp³-hybridized carbons (Fsp3) is 0.0909. The quantitative estimate of drug-likeness (QED) is 0.508. The number of fused-ring (bicyclic) bond motifs is 1. The van der Waals surface area contributed by atoms with Crippen molar-refractivity contribution in [3.63, 3.8) is 0 Å². The summed E-state index contributed by atoms with van der Waals surface area (Å²) in [7, 11) is 1.61. The van der Waals surface area contributed by atoms with Gasteiger partial charge >= 0.3 is 0 Å². The van der Waals surface area contributed by atoms with Crippen molar-refractivity contribution in [3.8, 4) is 16.3 Å². The monoisotopic (exact) mass is 402 g/mol. The number of amides is 1. The number of thiophene rings is 1. The van der Waals surface area contributed by atoms with E-state index in [1.165, 1.54) is 0 Å². The summed E-state index contributed by atoms with van der Waals surface area (Å²) in [4.78, 5) is 16.4. The highest BCUT2D eigenvalue weighted by molar-refractivity contribution is 7.13. The minimum absolute atomic E-state index is 0.0906. The third-order valence-corrected chi connectivity index (χ3v) is 5.89. The van der Waals surface area contributed by atoms with E-state index in [1.54, 1.807) is 29.5 Å². The number of aromatic nitrogens is 2. The van der Waals surface area contributed by atoms with E-state index in [4.69, 9.17) is 4.74 Å². The van der Waals surface area contributed by atoms with Crippen molar-refractivity contribution in [2.75, 3.05) is 17.3 Å². The van der Waals surface area contributed by atoms with Crippen molar-refractivity contribution < 1.29 is 9.53 Å². The zero-order chi connectivity index (χ0) is 19.8. The summed E-state index contributed by atoms with van der Waals surface area (Å²) in [6.07, 6.45) is 1.33. The number of nitrogens with zero attached hydrogens (tertiary/aromatic N) is 2. The summed E-state index contributed by atoms with van der Waals surface area (Å²) in [6, 6.07) is 19.1. The highest BCUT2D eigenvalue weighted by atomic mass is 32.1. The molecule has 0 radical (unpaired) electrons. The molecule has 29 heavy (non-hydrogen) atoms. The second kappa shape index (κ2) is 7.10. The number of benzene rings is 2. The summed E-state index contributed by atoms with van der Waals surface area (Å²) in [5, 5.41) is 12.9. The van der Waals surface area contributed by atoms with Crippen LogP contribution in [0.3, 0.4) is 0 Å². The van der Waals surface area contributed by atoms with Gasteiger partial charge in [-0.25, -0.2) is 0 Å². The molecule has 2 aromatic carbocycles. The normalized spacial score (nSPS) is 15.7. The van der Waals surface area contributed by atoms with Gasteiger partial charge in [-0.3, -0.25) is 14.8 Å².